The van der Waals surface area contributed by atoms with Crippen LogP contribution in [0.15, 0.2) is 77.7 Å². The molecule has 0 radical (unpaired) electrons. The van der Waals surface area contributed by atoms with E-state index in [2.05, 4.69) is 5.32 Å². The second-order valence-corrected chi connectivity index (χ2v) is 11.4. The van der Waals surface area contributed by atoms with Gasteiger partial charge in [-0.05, 0) is 57.0 Å². The number of nitrogens with one attached hydrogen (secondary N) is 1. The van der Waals surface area contributed by atoms with E-state index in [9.17, 15) is 22.4 Å². The molecule has 0 aromatic heterocycles. The number of amides is 2. The number of carbonyl (C=O) groups is 2. The second kappa shape index (κ2) is 13.4. The van der Waals surface area contributed by atoms with Crippen molar-refractivity contribution in [2.45, 2.75) is 58.0 Å². The van der Waals surface area contributed by atoms with Gasteiger partial charge in [0, 0.05) is 18.7 Å². The monoisotopic (exact) mass is 553 g/mol. The molecular weight excluding hydrogens is 517 g/mol. The Labute approximate surface area is 230 Å². The van der Waals surface area contributed by atoms with Crippen LogP contribution in [-0.2, 0) is 26.2 Å². The molecule has 1 N–H and O–H groups in total. The summed E-state index contributed by atoms with van der Waals surface area (Å²) in [6.45, 7) is 6.92. The molecular formula is C30H36FN3O4S. The maximum atomic E-state index is 14.6. The Morgan fingerprint density at radius 3 is 2.28 bits per heavy atom. The van der Waals surface area contributed by atoms with Crippen LogP contribution in [0.2, 0.25) is 0 Å². The van der Waals surface area contributed by atoms with Gasteiger partial charge in [-0.15, -0.1) is 0 Å². The van der Waals surface area contributed by atoms with E-state index in [4.69, 9.17) is 0 Å². The molecule has 0 unspecified atom stereocenters. The predicted octanol–water partition coefficient (Wildman–Crippen LogP) is 4.97. The van der Waals surface area contributed by atoms with Gasteiger partial charge in [-0.2, -0.15) is 0 Å². The molecule has 0 spiro atoms. The van der Waals surface area contributed by atoms with Gasteiger partial charge in [0.25, 0.3) is 10.0 Å². The van der Waals surface area contributed by atoms with Crippen molar-refractivity contribution in [1.29, 1.82) is 0 Å². The number of carbonyl (C=O) groups excluding carboxylic acids is 2. The number of halogens is 1. The first-order chi connectivity index (χ1) is 18.6. The molecule has 3 aromatic rings. The van der Waals surface area contributed by atoms with Crippen molar-refractivity contribution in [2.75, 3.05) is 17.4 Å². The van der Waals surface area contributed by atoms with Crippen molar-refractivity contribution < 1.29 is 22.4 Å². The number of unbranched alkanes of at least 4 members (excludes halogenated alkanes) is 1. The molecule has 208 valence electrons. The van der Waals surface area contributed by atoms with Gasteiger partial charge >= 0.3 is 0 Å². The Morgan fingerprint density at radius 1 is 0.974 bits per heavy atom. The van der Waals surface area contributed by atoms with E-state index in [-0.39, 0.29) is 17.0 Å². The molecule has 0 saturated heterocycles. The fourth-order valence-electron chi connectivity index (χ4n) is 4.25. The van der Waals surface area contributed by atoms with E-state index >= 15 is 0 Å². The zero-order chi connectivity index (χ0) is 28.6. The smallest absolute Gasteiger partial charge is 0.264 e. The topological polar surface area (TPSA) is 86.8 Å². The summed E-state index contributed by atoms with van der Waals surface area (Å²) in [5, 5.41) is 2.82. The van der Waals surface area contributed by atoms with Crippen LogP contribution < -0.4 is 9.62 Å². The lowest BCUT2D eigenvalue weighted by atomic mass is 10.1. The molecule has 2 amide bonds. The van der Waals surface area contributed by atoms with E-state index in [0.29, 0.717) is 17.8 Å². The summed E-state index contributed by atoms with van der Waals surface area (Å²) in [5.74, 6) is -1.54. The third-order valence-electron chi connectivity index (χ3n) is 6.53. The van der Waals surface area contributed by atoms with Gasteiger partial charge in [-0.3, -0.25) is 13.9 Å². The maximum absolute atomic E-state index is 14.6. The van der Waals surface area contributed by atoms with Gasteiger partial charge in [0.15, 0.2) is 0 Å². The van der Waals surface area contributed by atoms with Crippen LogP contribution in [-0.4, -0.2) is 44.3 Å². The largest absolute Gasteiger partial charge is 0.354 e. The quantitative estimate of drug-likeness (QED) is 0.321. The normalized spacial score (nSPS) is 12.0. The van der Waals surface area contributed by atoms with Crippen molar-refractivity contribution in [3.63, 3.8) is 0 Å². The van der Waals surface area contributed by atoms with Gasteiger partial charge in [0.1, 0.15) is 18.4 Å². The average molecular weight is 554 g/mol. The van der Waals surface area contributed by atoms with Gasteiger partial charge in [-0.25, -0.2) is 12.8 Å². The predicted molar refractivity (Wildman–Crippen MR) is 151 cm³/mol. The number of anilines is 1. The van der Waals surface area contributed by atoms with Gasteiger partial charge < -0.3 is 10.2 Å². The Kier molecular flexibility index (Phi) is 10.2. The third-order valence-corrected chi connectivity index (χ3v) is 8.30. The lowest BCUT2D eigenvalue weighted by Crippen LogP contribution is -2.51. The second-order valence-electron chi connectivity index (χ2n) is 9.55. The maximum Gasteiger partial charge on any atom is 0.264 e. The highest BCUT2D eigenvalue weighted by atomic mass is 32.2. The molecule has 7 nitrogen and oxygen atoms in total. The minimum absolute atomic E-state index is 0.0313. The SMILES string of the molecule is CCCCNC(=O)[C@@H](C)N(Cc1ccccc1F)C(=O)CN(c1ccc(C)cc1C)S(=O)(=O)c1ccccc1. The molecule has 3 aromatic carbocycles. The summed E-state index contributed by atoms with van der Waals surface area (Å²) in [6, 6.07) is 18.2. The molecule has 9 heteroatoms. The zero-order valence-corrected chi connectivity index (χ0v) is 23.7. The van der Waals surface area contributed by atoms with E-state index in [0.717, 1.165) is 22.7 Å². The lowest BCUT2D eigenvalue weighted by Gasteiger charge is -2.32. The Morgan fingerprint density at radius 2 is 1.64 bits per heavy atom. The molecule has 1 atom stereocenters. The summed E-state index contributed by atoms with van der Waals surface area (Å²) < 4.78 is 43.3. The highest BCUT2D eigenvalue weighted by Gasteiger charge is 2.33. The summed E-state index contributed by atoms with van der Waals surface area (Å²) in [5.41, 5.74) is 2.19. The van der Waals surface area contributed by atoms with Crippen molar-refractivity contribution in [1.82, 2.24) is 10.2 Å². The number of hydrogen-bond donors (Lipinski definition) is 1. The third kappa shape index (κ3) is 7.44. The number of nitrogens with zero attached hydrogens (tertiary/aromatic N) is 2. The first-order valence-electron chi connectivity index (χ1n) is 13.0. The Hall–Kier alpha value is -3.72. The van der Waals surface area contributed by atoms with E-state index < -0.39 is 40.2 Å². The van der Waals surface area contributed by atoms with Crippen LogP contribution in [0.5, 0.6) is 0 Å². The van der Waals surface area contributed by atoms with Crippen LogP contribution in [0.25, 0.3) is 0 Å². The molecule has 0 aliphatic rings. The lowest BCUT2D eigenvalue weighted by molar-refractivity contribution is -0.139. The number of sulfonamides is 1. The average Bonchev–Trinajstić information content (AvgIpc) is 2.91. The highest BCUT2D eigenvalue weighted by molar-refractivity contribution is 7.92. The van der Waals surface area contributed by atoms with Crippen LogP contribution in [0.3, 0.4) is 0 Å². The highest BCUT2D eigenvalue weighted by Crippen LogP contribution is 2.28. The Balaban J connectivity index is 2.03. The van der Waals surface area contributed by atoms with Gasteiger partial charge in [0.2, 0.25) is 11.8 Å². The fraction of sp³-hybridized carbons (Fsp3) is 0.333. The van der Waals surface area contributed by atoms with Crippen molar-refractivity contribution in [3.8, 4) is 0 Å². The number of aryl methyl sites for hydroxylation is 2. The summed E-state index contributed by atoms with van der Waals surface area (Å²) in [4.78, 5) is 28.1. The molecule has 0 bridgehead atoms. The zero-order valence-electron chi connectivity index (χ0n) is 22.9. The molecule has 0 aliphatic heterocycles. The first kappa shape index (κ1) is 29.8. The van der Waals surface area contributed by atoms with E-state index in [1.807, 2.05) is 19.9 Å². The van der Waals surface area contributed by atoms with Crippen molar-refractivity contribution >= 4 is 27.5 Å². The minimum Gasteiger partial charge on any atom is -0.354 e. The number of benzene rings is 3. The fourth-order valence-corrected chi connectivity index (χ4v) is 5.75. The van der Waals surface area contributed by atoms with Crippen LogP contribution in [0.1, 0.15) is 43.4 Å². The molecule has 0 heterocycles. The number of rotatable bonds is 12. The molecule has 0 fully saturated rings. The van der Waals surface area contributed by atoms with Crippen molar-refractivity contribution in [2.24, 2.45) is 0 Å². The molecule has 0 saturated carbocycles. The van der Waals surface area contributed by atoms with E-state index in [1.165, 1.54) is 23.1 Å². The Bertz CT molecular complexity index is 1400. The summed E-state index contributed by atoms with van der Waals surface area (Å²) >= 11 is 0. The molecule has 39 heavy (non-hydrogen) atoms. The van der Waals surface area contributed by atoms with Crippen LogP contribution >= 0.6 is 0 Å². The summed E-state index contributed by atoms with van der Waals surface area (Å²) in [6.07, 6.45) is 1.66. The van der Waals surface area contributed by atoms with E-state index in [1.54, 1.807) is 62.4 Å². The standard InChI is InChI=1S/C30H36FN3O4S/c1-5-6-18-32-30(36)24(4)33(20-25-12-10-11-15-27(25)31)29(35)21-34(28-17-16-22(2)19-23(28)3)39(37,38)26-13-8-7-9-14-26/h7-17,19,24H,5-6,18,20-21H2,1-4H3,(H,32,36)/t24-/m1/s1. The van der Waals surface area contributed by atoms with Crippen LogP contribution in [0.4, 0.5) is 10.1 Å². The number of hydrogen-bond acceptors (Lipinski definition) is 4. The van der Waals surface area contributed by atoms with Gasteiger partial charge in [-0.1, -0.05) is 67.4 Å². The molecule has 3 rings (SSSR count). The first-order valence-corrected chi connectivity index (χ1v) is 14.5. The van der Waals surface area contributed by atoms with Crippen molar-refractivity contribution in [3.05, 3.63) is 95.3 Å². The minimum atomic E-state index is -4.15. The summed E-state index contributed by atoms with van der Waals surface area (Å²) in [7, 11) is -4.15. The molecule has 0 aliphatic carbocycles. The van der Waals surface area contributed by atoms with Crippen LogP contribution in [0, 0.1) is 19.7 Å². The van der Waals surface area contributed by atoms with Gasteiger partial charge in [0.05, 0.1) is 10.6 Å².